The van der Waals surface area contributed by atoms with Gasteiger partial charge in [-0.2, -0.15) is 0 Å². The number of carbonyl (C=O) groups is 2. The van der Waals surface area contributed by atoms with Crippen molar-refractivity contribution >= 4 is 11.9 Å². The van der Waals surface area contributed by atoms with Crippen LogP contribution in [-0.2, 0) is 17.8 Å². The summed E-state index contributed by atoms with van der Waals surface area (Å²) < 4.78 is 5.05. The van der Waals surface area contributed by atoms with E-state index in [0.29, 0.717) is 19.4 Å². The second kappa shape index (κ2) is 6.89. The van der Waals surface area contributed by atoms with Crippen molar-refractivity contribution in [2.24, 2.45) is 0 Å². The predicted octanol–water partition coefficient (Wildman–Crippen LogP) is 0.904. The topological polar surface area (TPSA) is 95.3 Å². The van der Waals surface area contributed by atoms with Crippen LogP contribution < -0.4 is 10.4 Å². The number of benzene rings is 1. The van der Waals surface area contributed by atoms with Gasteiger partial charge in [0.2, 0.25) is 5.91 Å². The van der Waals surface area contributed by atoms with E-state index < -0.39 is 5.97 Å². The predicted molar refractivity (Wildman–Crippen MR) is 76.9 cm³/mol. The number of nitrogens with one attached hydrogen (secondary N) is 1. The number of aryl methyl sites for hydroxylation is 2. The molecule has 6 nitrogen and oxygen atoms in total. The van der Waals surface area contributed by atoms with Crippen molar-refractivity contribution in [2.45, 2.75) is 33.2 Å². The first-order chi connectivity index (χ1) is 10.5. The fourth-order valence-electron chi connectivity index (χ4n) is 2.15. The van der Waals surface area contributed by atoms with Crippen LogP contribution in [0.25, 0.3) is 0 Å². The molecule has 116 valence electrons. The van der Waals surface area contributed by atoms with Gasteiger partial charge in [-0.3, -0.25) is 4.79 Å². The molecule has 0 aliphatic carbocycles. The first kappa shape index (κ1) is 15.8. The van der Waals surface area contributed by atoms with Crippen LogP contribution in [0.3, 0.4) is 0 Å². The van der Waals surface area contributed by atoms with Gasteiger partial charge in [0.15, 0.2) is 0 Å². The Bertz CT molecular complexity index is 654. The molecule has 0 atom stereocenters. The van der Waals surface area contributed by atoms with Gasteiger partial charge in [0.1, 0.15) is 5.76 Å². The Hall–Kier alpha value is -2.63. The average molecular weight is 301 g/mol. The number of rotatable bonds is 6. The molecule has 0 radical (unpaired) electrons. The van der Waals surface area contributed by atoms with Crippen molar-refractivity contribution in [3.05, 3.63) is 52.4 Å². The first-order valence-electron chi connectivity index (χ1n) is 6.96. The molecular formula is C16H17N2O4-. The van der Waals surface area contributed by atoms with E-state index in [0.717, 1.165) is 22.6 Å². The molecule has 1 aromatic heterocycles. The van der Waals surface area contributed by atoms with E-state index in [4.69, 9.17) is 4.52 Å². The van der Waals surface area contributed by atoms with Gasteiger partial charge in [-0.05, 0) is 31.4 Å². The van der Waals surface area contributed by atoms with Gasteiger partial charge >= 0.3 is 0 Å². The molecule has 2 rings (SSSR count). The first-order valence-corrected chi connectivity index (χ1v) is 6.96. The highest BCUT2D eigenvalue weighted by Gasteiger charge is 2.11. The number of amides is 1. The summed E-state index contributed by atoms with van der Waals surface area (Å²) in [5.41, 5.74) is 2.72. The lowest BCUT2D eigenvalue weighted by molar-refractivity contribution is -0.255. The largest absolute Gasteiger partial charge is 0.545 e. The Morgan fingerprint density at radius 1 is 1.23 bits per heavy atom. The third kappa shape index (κ3) is 3.94. The monoisotopic (exact) mass is 301 g/mol. The maximum absolute atomic E-state index is 11.8. The van der Waals surface area contributed by atoms with Crippen molar-refractivity contribution in [3.63, 3.8) is 0 Å². The van der Waals surface area contributed by atoms with E-state index in [-0.39, 0.29) is 11.5 Å². The van der Waals surface area contributed by atoms with Crippen molar-refractivity contribution in [1.29, 1.82) is 0 Å². The minimum atomic E-state index is -1.21. The van der Waals surface area contributed by atoms with Crippen LogP contribution in [0.4, 0.5) is 0 Å². The fourth-order valence-corrected chi connectivity index (χ4v) is 2.15. The normalized spacial score (nSPS) is 10.5. The van der Waals surface area contributed by atoms with Crippen LogP contribution in [0, 0.1) is 13.8 Å². The van der Waals surface area contributed by atoms with E-state index in [1.54, 1.807) is 12.1 Å². The lowest BCUT2D eigenvalue weighted by atomic mass is 10.1. The highest BCUT2D eigenvalue weighted by atomic mass is 16.5. The number of carbonyl (C=O) groups excluding carboxylic acids is 2. The second-order valence-electron chi connectivity index (χ2n) is 5.06. The number of aromatic nitrogens is 1. The third-order valence-electron chi connectivity index (χ3n) is 3.46. The minimum absolute atomic E-state index is 0.0797. The number of hydrogen-bond acceptors (Lipinski definition) is 5. The quantitative estimate of drug-likeness (QED) is 0.855. The fraction of sp³-hybridized carbons (Fsp3) is 0.312. The zero-order valence-electron chi connectivity index (χ0n) is 12.5. The maximum Gasteiger partial charge on any atom is 0.220 e. The highest BCUT2D eigenvalue weighted by Crippen LogP contribution is 2.14. The molecule has 1 heterocycles. The summed E-state index contributed by atoms with van der Waals surface area (Å²) in [6, 6.07) is 6.22. The lowest BCUT2D eigenvalue weighted by Gasteiger charge is -2.07. The Morgan fingerprint density at radius 2 is 1.91 bits per heavy atom. The molecule has 0 bridgehead atoms. The summed E-state index contributed by atoms with van der Waals surface area (Å²) in [6.45, 7) is 4.03. The smallest absolute Gasteiger partial charge is 0.220 e. The Labute approximate surface area is 128 Å². The van der Waals surface area contributed by atoms with Crippen LogP contribution in [0.2, 0.25) is 0 Å². The Morgan fingerprint density at radius 3 is 2.45 bits per heavy atom. The molecule has 1 N–H and O–H groups in total. The van der Waals surface area contributed by atoms with Crippen LogP contribution >= 0.6 is 0 Å². The second-order valence-corrected chi connectivity index (χ2v) is 5.06. The zero-order chi connectivity index (χ0) is 16.1. The SMILES string of the molecule is Cc1noc(C)c1CCC(=O)NCc1ccc(C(=O)[O-])cc1. The van der Waals surface area contributed by atoms with Crippen molar-refractivity contribution in [3.8, 4) is 0 Å². The zero-order valence-corrected chi connectivity index (χ0v) is 12.5. The number of nitrogens with zero attached hydrogens (tertiary/aromatic N) is 1. The van der Waals surface area contributed by atoms with E-state index >= 15 is 0 Å². The summed E-state index contributed by atoms with van der Waals surface area (Å²) in [7, 11) is 0. The standard InChI is InChI=1S/C16H18N2O4/c1-10-14(11(2)22-18-10)7-8-15(19)17-9-12-3-5-13(6-4-12)16(20)21/h3-6H,7-9H2,1-2H3,(H,17,19)(H,20,21)/p-1. The molecule has 0 spiro atoms. The molecular weight excluding hydrogens is 284 g/mol. The maximum atomic E-state index is 11.8. The molecule has 0 fully saturated rings. The molecule has 0 saturated carbocycles. The van der Waals surface area contributed by atoms with Crippen molar-refractivity contribution in [1.82, 2.24) is 10.5 Å². The van der Waals surface area contributed by atoms with Crippen molar-refractivity contribution < 1.29 is 19.2 Å². The average Bonchev–Trinajstić information content (AvgIpc) is 2.82. The van der Waals surface area contributed by atoms with Gasteiger partial charge in [0.05, 0.1) is 11.7 Å². The molecule has 2 aromatic rings. The number of carboxylic acids is 1. The number of carboxylic acid groups (broad SMARTS) is 1. The van der Waals surface area contributed by atoms with Gasteiger partial charge in [-0.25, -0.2) is 0 Å². The molecule has 6 heteroatoms. The van der Waals surface area contributed by atoms with Gasteiger partial charge in [0.25, 0.3) is 0 Å². The summed E-state index contributed by atoms with van der Waals surface area (Å²) >= 11 is 0. The van der Waals surface area contributed by atoms with Crippen LogP contribution in [-0.4, -0.2) is 17.0 Å². The van der Waals surface area contributed by atoms with Crippen LogP contribution in [0.15, 0.2) is 28.8 Å². The highest BCUT2D eigenvalue weighted by molar-refractivity contribution is 5.85. The minimum Gasteiger partial charge on any atom is -0.545 e. The van der Waals surface area contributed by atoms with Gasteiger partial charge in [-0.15, -0.1) is 0 Å². The molecule has 0 aliphatic heterocycles. The molecule has 1 aromatic carbocycles. The van der Waals surface area contributed by atoms with Gasteiger partial charge in [-0.1, -0.05) is 29.4 Å². The molecule has 0 aliphatic rings. The summed E-state index contributed by atoms with van der Waals surface area (Å²) in [6.07, 6.45) is 0.927. The van der Waals surface area contributed by atoms with E-state index in [1.165, 1.54) is 12.1 Å². The van der Waals surface area contributed by atoms with E-state index in [9.17, 15) is 14.7 Å². The lowest BCUT2D eigenvalue weighted by Crippen LogP contribution is -2.24. The Kier molecular flexibility index (Phi) is 4.93. The summed E-state index contributed by atoms with van der Waals surface area (Å²) in [5, 5.41) is 17.3. The van der Waals surface area contributed by atoms with E-state index in [2.05, 4.69) is 10.5 Å². The van der Waals surface area contributed by atoms with Crippen LogP contribution in [0.5, 0.6) is 0 Å². The van der Waals surface area contributed by atoms with Crippen molar-refractivity contribution in [2.75, 3.05) is 0 Å². The van der Waals surface area contributed by atoms with E-state index in [1.807, 2.05) is 13.8 Å². The molecule has 0 saturated heterocycles. The van der Waals surface area contributed by atoms with Gasteiger partial charge < -0.3 is 19.7 Å². The third-order valence-corrected chi connectivity index (χ3v) is 3.46. The Balaban J connectivity index is 1.81. The number of aromatic carboxylic acids is 1. The molecule has 22 heavy (non-hydrogen) atoms. The number of hydrogen-bond donors (Lipinski definition) is 1. The molecule has 0 unspecified atom stereocenters. The molecule has 1 amide bonds. The summed E-state index contributed by atoms with van der Waals surface area (Å²) in [4.78, 5) is 22.5. The van der Waals surface area contributed by atoms with Crippen LogP contribution in [0.1, 0.15) is 39.4 Å². The van der Waals surface area contributed by atoms with Gasteiger partial charge in [0, 0.05) is 18.5 Å². The summed E-state index contributed by atoms with van der Waals surface area (Å²) in [5.74, 6) is -0.554.